The Labute approximate surface area is 173 Å². The smallest absolute Gasteiger partial charge is 0.465 e. The number of benzene rings is 1. The van der Waals surface area contributed by atoms with Crippen LogP contribution in [0.25, 0.3) is 0 Å². The maximum Gasteiger partial charge on any atom is 0.494 e. The number of piperazine rings is 1. The minimum absolute atomic E-state index is 0.226. The van der Waals surface area contributed by atoms with Crippen molar-refractivity contribution in [3.63, 3.8) is 0 Å². The molecule has 0 aliphatic carbocycles. The second kappa shape index (κ2) is 7.16. The molecule has 1 unspecified atom stereocenters. The number of amides is 1. The topological polar surface area (TPSA) is 62.2 Å². The van der Waals surface area contributed by atoms with Gasteiger partial charge in [-0.25, -0.2) is 9.18 Å². The molecule has 0 aromatic heterocycles. The van der Waals surface area contributed by atoms with Crippen LogP contribution in [0.5, 0.6) is 0 Å². The molecule has 2 fully saturated rings. The molecule has 3 rings (SSSR count). The van der Waals surface area contributed by atoms with Crippen LogP contribution >= 0.6 is 0 Å². The number of nitrogens with zero attached hydrogens (tertiary/aromatic N) is 2. The lowest BCUT2D eigenvalue weighted by atomic mass is 9.79. The van der Waals surface area contributed by atoms with E-state index in [-0.39, 0.29) is 17.3 Å². The molecule has 160 valence electrons. The van der Waals surface area contributed by atoms with Gasteiger partial charge in [0.1, 0.15) is 5.82 Å². The highest BCUT2D eigenvalue weighted by molar-refractivity contribution is 6.62. The third-order valence-corrected chi connectivity index (χ3v) is 6.46. The van der Waals surface area contributed by atoms with Crippen LogP contribution in [-0.4, -0.2) is 60.1 Å². The fraction of sp³-hybridized carbons (Fsp3) is 0.667. The zero-order chi connectivity index (χ0) is 21.8. The molecule has 1 atom stereocenters. The van der Waals surface area contributed by atoms with Gasteiger partial charge in [-0.3, -0.25) is 0 Å². The molecule has 1 aromatic carbocycles. The lowest BCUT2D eigenvalue weighted by Gasteiger charge is -2.46. The number of hydrogen-bond acceptors (Lipinski definition) is 4. The highest BCUT2D eigenvalue weighted by Crippen LogP contribution is 2.37. The molecule has 2 saturated heterocycles. The summed E-state index contributed by atoms with van der Waals surface area (Å²) in [5.41, 5.74) is -0.110. The zero-order valence-electron chi connectivity index (χ0n) is 18.5. The van der Waals surface area contributed by atoms with E-state index in [4.69, 9.17) is 9.31 Å². The summed E-state index contributed by atoms with van der Waals surface area (Å²) in [5.74, 6) is -0.353. The normalized spacial score (nSPS) is 24.1. The Kier molecular flexibility index (Phi) is 5.41. The van der Waals surface area contributed by atoms with Crippen molar-refractivity contribution in [3.8, 4) is 0 Å². The Morgan fingerprint density at radius 1 is 1.17 bits per heavy atom. The summed E-state index contributed by atoms with van der Waals surface area (Å²) in [6.45, 7) is 15.1. The molecular formula is C21H32BFN2O4. The van der Waals surface area contributed by atoms with Gasteiger partial charge >= 0.3 is 13.2 Å². The molecule has 0 radical (unpaired) electrons. The van der Waals surface area contributed by atoms with Gasteiger partial charge in [-0.1, -0.05) is 26.8 Å². The molecule has 8 heteroatoms. The minimum atomic E-state index is -0.929. The number of rotatable bonds is 2. The van der Waals surface area contributed by atoms with Crippen molar-refractivity contribution in [2.24, 2.45) is 5.41 Å². The summed E-state index contributed by atoms with van der Waals surface area (Å²) >= 11 is 0. The lowest BCUT2D eigenvalue weighted by molar-refractivity contribution is 0.00578. The van der Waals surface area contributed by atoms with E-state index in [1.807, 2.05) is 59.4 Å². The molecule has 2 aliphatic heterocycles. The fourth-order valence-electron chi connectivity index (χ4n) is 3.88. The average molecular weight is 406 g/mol. The highest BCUT2D eigenvalue weighted by atomic mass is 19.1. The summed E-state index contributed by atoms with van der Waals surface area (Å²) < 4.78 is 27.1. The van der Waals surface area contributed by atoms with Crippen molar-refractivity contribution in [2.75, 3.05) is 24.5 Å². The second-order valence-electron chi connectivity index (χ2n) is 10.1. The molecule has 1 amide bonds. The van der Waals surface area contributed by atoms with Gasteiger partial charge < -0.3 is 24.2 Å². The summed E-state index contributed by atoms with van der Waals surface area (Å²) in [5, 5.41) is 9.53. The number of carboxylic acid groups (broad SMARTS) is 1. The molecule has 0 bridgehead atoms. The van der Waals surface area contributed by atoms with Crippen LogP contribution in [0.1, 0.15) is 48.5 Å². The van der Waals surface area contributed by atoms with E-state index in [1.54, 1.807) is 6.07 Å². The van der Waals surface area contributed by atoms with Crippen molar-refractivity contribution < 1.29 is 23.6 Å². The molecule has 1 aromatic rings. The maximum absolute atomic E-state index is 15.1. The van der Waals surface area contributed by atoms with Crippen LogP contribution in [0.4, 0.5) is 14.9 Å². The van der Waals surface area contributed by atoms with E-state index in [1.165, 1.54) is 11.0 Å². The molecule has 29 heavy (non-hydrogen) atoms. The van der Waals surface area contributed by atoms with E-state index >= 15 is 4.39 Å². The summed E-state index contributed by atoms with van der Waals surface area (Å²) in [6, 6.07) is 4.81. The molecule has 1 N–H and O–H groups in total. The standard InChI is InChI=1S/C21H32BFN2O4/c1-19(2,3)17-13-24(10-11-25(17)18(26)27)16-9-8-14(12-15(16)23)22-28-20(4,5)21(6,7)29-22/h8-9,12,17H,10-11,13H2,1-7H3,(H,26,27). The van der Waals surface area contributed by atoms with Crippen LogP contribution < -0.4 is 10.4 Å². The SMILES string of the molecule is CC(C)(C)C1CN(c2ccc(B3OC(C)(C)C(C)(C)O3)cc2F)CCN1C(=O)O. The molecule has 6 nitrogen and oxygen atoms in total. The minimum Gasteiger partial charge on any atom is -0.465 e. The predicted octanol–water partition coefficient (Wildman–Crippen LogP) is 3.34. The second-order valence-corrected chi connectivity index (χ2v) is 10.1. The summed E-state index contributed by atoms with van der Waals surface area (Å²) in [7, 11) is -0.616. The van der Waals surface area contributed by atoms with Crippen LogP contribution in [0.2, 0.25) is 0 Å². The number of halogens is 1. The van der Waals surface area contributed by atoms with E-state index < -0.39 is 24.4 Å². The van der Waals surface area contributed by atoms with Crippen LogP contribution in [0.3, 0.4) is 0 Å². The van der Waals surface area contributed by atoms with E-state index in [9.17, 15) is 9.90 Å². The Balaban J connectivity index is 1.82. The monoisotopic (exact) mass is 406 g/mol. The number of anilines is 1. The van der Waals surface area contributed by atoms with Crippen LogP contribution in [0, 0.1) is 11.2 Å². The molecular weight excluding hydrogens is 374 g/mol. The number of carbonyl (C=O) groups is 1. The zero-order valence-corrected chi connectivity index (χ0v) is 18.5. The molecule has 0 saturated carbocycles. The third kappa shape index (κ3) is 4.10. The Bertz CT molecular complexity index is 777. The van der Waals surface area contributed by atoms with Crippen LogP contribution in [-0.2, 0) is 9.31 Å². The fourth-order valence-corrected chi connectivity index (χ4v) is 3.88. The first-order valence-electron chi connectivity index (χ1n) is 10.1. The summed E-state index contributed by atoms with van der Waals surface area (Å²) in [6.07, 6.45) is -0.929. The van der Waals surface area contributed by atoms with E-state index in [0.717, 1.165) is 0 Å². The maximum atomic E-state index is 15.1. The first-order valence-corrected chi connectivity index (χ1v) is 10.1. The van der Waals surface area contributed by atoms with Crippen molar-refractivity contribution >= 4 is 24.4 Å². The predicted molar refractivity (Wildman–Crippen MR) is 112 cm³/mol. The van der Waals surface area contributed by atoms with Crippen molar-refractivity contribution in [1.82, 2.24) is 4.90 Å². The molecule has 2 heterocycles. The van der Waals surface area contributed by atoms with Gasteiger partial charge in [0, 0.05) is 19.6 Å². The van der Waals surface area contributed by atoms with Gasteiger partial charge in [0.05, 0.1) is 22.9 Å². The Hall–Kier alpha value is -1.80. The van der Waals surface area contributed by atoms with Gasteiger partial charge in [-0.05, 0) is 50.7 Å². The quantitative estimate of drug-likeness (QED) is 0.764. The Morgan fingerprint density at radius 2 is 1.76 bits per heavy atom. The van der Waals surface area contributed by atoms with Gasteiger partial charge in [-0.2, -0.15) is 0 Å². The third-order valence-electron chi connectivity index (χ3n) is 6.46. The summed E-state index contributed by atoms with van der Waals surface area (Å²) in [4.78, 5) is 15.0. The van der Waals surface area contributed by atoms with Crippen LogP contribution in [0.15, 0.2) is 18.2 Å². The Morgan fingerprint density at radius 3 is 2.24 bits per heavy atom. The van der Waals surface area contributed by atoms with Gasteiger partial charge in [0.2, 0.25) is 0 Å². The number of hydrogen-bond donors (Lipinski definition) is 1. The average Bonchev–Trinajstić information content (AvgIpc) is 2.81. The van der Waals surface area contributed by atoms with E-state index in [0.29, 0.717) is 30.8 Å². The highest BCUT2D eigenvalue weighted by Gasteiger charge is 2.51. The van der Waals surface area contributed by atoms with Crippen molar-refractivity contribution in [1.29, 1.82) is 0 Å². The lowest BCUT2D eigenvalue weighted by Crippen LogP contribution is -2.59. The van der Waals surface area contributed by atoms with Gasteiger partial charge in [-0.15, -0.1) is 0 Å². The van der Waals surface area contributed by atoms with E-state index in [2.05, 4.69) is 0 Å². The molecule has 0 spiro atoms. The first kappa shape index (κ1) is 21.9. The van der Waals surface area contributed by atoms with Crippen molar-refractivity contribution in [3.05, 3.63) is 24.0 Å². The van der Waals surface area contributed by atoms with Gasteiger partial charge in [0.25, 0.3) is 0 Å². The largest absolute Gasteiger partial charge is 0.494 e. The van der Waals surface area contributed by atoms with Crippen molar-refractivity contribution in [2.45, 2.75) is 65.7 Å². The van der Waals surface area contributed by atoms with Gasteiger partial charge in [0.15, 0.2) is 0 Å². The molecule has 2 aliphatic rings. The first-order chi connectivity index (χ1) is 13.2.